The van der Waals surface area contributed by atoms with E-state index in [9.17, 15) is 0 Å². The lowest BCUT2D eigenvalue weighted by Crippen LogP contribution is -2.49. The fourth-order valence-corrected chi connectivity index (χ4v) is 11.8. The van der Waals surface area contributed by atoms with Crippen LogP contribution in [-0.4, -0.2) is 14.9 Å². The van der Waals surface area contributed by atoms with E-state index in [1.165, 1.54) is 31.3 Å². The Balaban J connectivity index is 2.15. The average molecular weight is 377 g/mol. The van der Waals surface area contributed by atoms with E-state index in [-0.39, 0.29) is 0 Å². The van der Waals surface area contributed by atoms with Crippen molar-refractivity contribution in [2.24, 2.45) is 23.7 Å². The lowest BCUT2D eigenvalue weighted by molar-refractivity contribution is 0.155. The summed E-state index contributed by atoms with van der Waals surface area (Å²) in [5, 5.41) is 0. The SMILES string of the molecule is C=C1C=C2[C@@H](CC1)[C@H](C)CC[C@H]2[C@@H](C)CO[Si](C(C)C)(C(C)C)C(C)C. The summed E-state index contributed by atoms with van der Waals surface area (Å²) < 4.78 is 6.95. The molecule has 0 spiro atoms. The van der Waals surface area contributed by atoms with Crippen LogP contribution in [0.15, 0.2) is 23.8 Å². The van der Waals surface area contributed by atoms with Gasteiger partial charge in [0, 0.05) is 6.61 Å². The Morgan fingerprint density at radius 3 is 2.12 bits per heavy atom. The second kappa shape index (κ2) is 8.77. The summed E-state index contributed by atoms with van der Waals surface area (Å²) >= 11 is 0. The first-order valence-corrected chi connectivity index (χ1v) is 13.3. The van der Waals surface area contributed by atoms with Gasteiger partial charge in [-0.15, -0.1) is 0 Å². The maximum absolute atomic E-state index is 6.95. The highest BCUT2D eigenvalue weighted by atomic mass is 28.4. The van der Waals surface area contributed by atoms with E-state index >= 15 is 0 Å². The Morgan fingerprint density at radius 2 is 1.58 bits per heavy atom. The molecule has 0 N–H and O–H groups in total. The third kappa shape index (κ3) is 4.22. The summed E-state index contributed by atoms with van der Waals surface area (Å²) in [6.07, 6.45) is 7.69. The van der Waals surface area contributed by atoms with Gasteiger partial charge in [-0.3, -0.25) is 0 Å². The average Bonchev–Trinajstić information content (AvgIpc) is 2.54. The van der Waals surface area contributed by atoms with Crippen LogP contribution >= 0.6 is 0 Å². The van der Waals surface area contributed by atoms with Crippen molar-refractivity contribution in [3.05, 3.63) is 23.8 Å². The lowest BCUT2D eigenvalue weighted by atomic mass is 9.63. The highest BCUT2D eigenvalue weighted by Crippen LogP contribution is 2.48. The fourth-order valence-electron chi connectivity index (χ4n) is 6.23. The van der Waals surface area contributed by atoms with E-state index in [1.54, 1.807) is 5.57 Å². The Morgan fingerprint density at radius 1 is 1.00 bits per heavy atom. The molecule has 0 aromatic heterocycles. The molecule has 1 nitrogen and oxygen atoms in total. The second-order valence-corrected chi connectivity index (χ2v) is 15.7. The van der Waals surface area contributed by atoms with E-state index in [2.05, 4.69) is 68.0 Å². The van der Waals surface area contributed by atoms with Gasteiger partial charge in [0.25, 0.3) is 0 Å². The molecule has 0 unspecified atom stereocenters. The smallest absolute Gasteiger partial charge is 0.200 e. The molecule has 0 aromatic carbocycles. The maximum atomic E-state index is 6.95. The minimum absolute atomic E-state index is 0.616. The summed E-state index contributed by atoms with van der Waals surface area (Å²) in [4.78, 5) is 0. The highest BCUT2D eigenvalue weighted by molar-refractivity contribution is 6.77. The first kappa shape index (κ1) is 22.0. The zero-order chi connectivity index (χ0) is 19.6. The molecule has 2 aliphatic rings. The van der Waals surface area contributed by atoms with Gasteiger partial charge in [0.05, 0.1) is 0 Å². The van der Waals surface area contributed by atoms with Gasteiger partial charge in [-0.1, -0.05) is 79.2 Å². The van der Waals surface area contributed by atoms with Crippen LogP contribution in [-0.2, 0) is 4.43 Å². The third-order valence-corrected chi connectivity index (χ3v) is 13.7. The predicted molar refractivity (Wildman–Crippen MR) is 118 cm³/mol. The Bertz CT molecular complexity index is 495. The van der Waals surface area contributed by atoms with Crippen LogP contribution in [0.5, 0.6) is 0 Å². The summed E-state index contributed by atoms with van der Waals surface area (Å²) in [6, 6.07) is 0. The first-order valence-electron chi connectivity index (χ1n) is 11.1. The maximum Gasteiger partial charge on any atom is 0.200 e. The van der Waals surface area contributed by atoms with Gasteiger partial charge in [0.1, 0.15) is 0 Å². The van der Waals surface area contributed by atoms with Crippen LogP contribution in [0.2, 0.25) is 16.6 Å². The summed E-state index contributed by atoms with van der Waals surface area (Å²) in [5.74, 6) is 2.95. The summed E-state index contributed by atoms with van der Waals surface area (Å²) in [5.41, 5.74) is 5.06. The molecule has 0 radical (unpaired) electrons. The van der Waals surface area contributed by atoms with Crippen LogP contribution in [0.3, 0.4) is 0 Å². The van der Waals surface area contributed by atoms with Crippen molar-refractivity contribution < 1.29 is 4.43 Å². The van der Waals surface area contributed by atoms with Crippen molar-refractivity contribution in [2.75, 3.05) is 6.61 Å². The van der Waals surface area contributed by atoms with Crippen LogP contribution in [0.1, 0.15) is 81.1 Å². The highest BCUT2D eigenvalue weighted by Gasteiger charge is 2.46. The van der Waals surface area contributed by atoms with Crippen LogP contribution in [0.25, 0.3) is 0 Å². The van der Waals surface area contributed by atoms with E-state index in [0.717, 1.165) is 18.4 Å². The third-order valence-electron chi connectivity index (χ3n) is 7.61. The van der Waals surface area contributed by atoms with Crippen molar-refractivity contribution in [2.45, 2.75) is 97.7 Å². The van der Waals surface area contributed by atoms with Crippen LogP contribution < -0.4 is 0 Å². The van der Waals surface area contributed by atoms with Gasteiger partial charge < -0.3 is 4.43 Å². The Labute approximate surface area is 164 Å². The molecule has 0 saturated heterocycles. The van der Waals surface area contributed by atoms with E-state index in [4.69, 9.17) is 4.43 Å². The van der Waals surface area contributed by atoms with Gasteiger partial charge in [0.15, 0.2) is 8.32 Å². The molecule has 2 heteroatoms. The number of allylic oxidation sites excluding steroid dienone is 3. The molecule has 0 heterocycles. The Hall–Kier alpha value is -0.343. The topological polar surface area (TPSA) is 9.23 Å². The molecule has 2 aliphatic carbocycles. The van der Waals surface area contributed by atoms with Gasteiger partial charge in [-0.25, -0.2) is 0 Å². The van der Waals surface area contributed by atoms with E-state index in [0.29, 0.717) is 28.5 Å². The van der Waals surface area contributed by atoms with Crippen molar-refractivity contribution in [3.8, 4) is 0 Å². The van der Waals surface area contributed by atoms with E-state index in [1.807, 2.05) is 0 Å². The zero-order valence-corrected chi connectivity index (χ0v) is 19.8. The van der Waals surface area contributed by atoms with Gasteiger partial charge >= 0.3 is 0 Å². The molecular weight excluding hydrogens is 332 g/mol. The standard InChI is InChI=1S/C24H44OSi/c1-16(2)26(17(3)4,18(5)6)25-15-21(9)23-13-11-20(8)22-12-10-19(7)14-24(22)23/h14,16-18,20-23H,7,10-13,15H2,1-6,8-9H3/t20-,21+,22+,23+/m1/s1. The molecule has 0 aliphatic heterocycles. The largest absolute Gasteiger partial charge is 0.416 e. The minimum atomic E-state index is -1.76. The normalized spacial score (nSPS) is 28.5. The van der Waals surface area contributed by atoms with Crippen LogP contribution in [0.4, 0.5) is 0 Å². The van der Waals surface area contributed by atoms with Crippen molar-refractivity contribution in [1.82, 2.24) is 0 Å². The summed E-state index contributed by atoms with van der Waals surface area (Å²) in [7, 11) is -1.76. The molecule has 0 bridgehead atoms. The molecule has 2 rings (SSSR count). The van der Waals surface area contributed by atoms with E-state index < -0.39 is 8.32 Å². The lowest BCUT2D eigenvalue weighted by Gasteiger charge is -2.45. The van der Waals surface area contributed by atoms with Crippen LogP contribution in [0, 0.1) is 23.7 Å². The molecular formula is C24H44OSi. The fraction of sp³-hybridized carbons (Fsp3) is 0.833. The van der Waals surface area contributed by atoms with Gasteiger partial charge in [0.2, 0.25) is 0 Å². The zero-order valence-electron chi connectivity index (χ0n) is 18.8. The quantitative estimate of drug-likeness (QED) is 0.413. The molecule has 1 fully saturated rings. The molecule has 4 atom stereocenters. The molecule has 150 valence electrons. The number of hydrogen-bond acceptors (Lipinski definition) is 1. The van der Waals surface area contributed by atoms with Crippen molar-refractivity contribution in [3.63, 3.8) is 0 Å². The number of hydrogen-bond donors (Lipinski definition) is 0. The molecule has 0 amide bonds. The minimum Gasteiger partial charge on any atom is -0.416 e. The monoisotopic (exact) mass is 376 g/mol. The number of rotatable bonds is 7. The first-order chi connectivity index (χ1) is 12.1. The van der Waals surface area contributed by atoms with Crippen molar-refractivity contribution >= 4 is 8.32 Å². The molecule has 26 heavy (non-hydrogen) atoms. The van der Waals surface area contributed by atoms with Crippen molar-refractivity contribution in [1.29, 1.82) is 0 Å². The Kier molecular flexibility index (Phi) is 7.41. The summed E-state index contributed by atoms with van der Waals surface area (Å²) in [6.45, 7) is 24.5. The molecule has 1 saturated carbocycles. The predicted octanol–water partition coefficient (Wildman–Crippen LogP) is 7.75. The number of fused-ring (bicyclic) bond motifs is 1. The second-order valence-electron chi connectivity index (χ2n) is 10.2. The molecule has 0 aromatic rings. The van der Waals surface area contributed by atoms with Gasteiger partial charge in [-0.05, 0) is 66.0 Å². The van der Waals surface area contributed by atoms with Gasteiger partial charge in [-0.2, -0.15) is 0 Å².